The number of benzene rings is 3. The number of carbonyl (C=O) groups is 3. The molecule has 41 heavy (non-hydrogen) atoms. The van der Waals surface area contributed by atoms with Crippen molar-refractivity contribution in [1.82, 2.24) is 9.55 Å². The predicted molar refractivity (Wildman–Crippen MR) is 148 cm³/mol. The van der Waals surface area contributed by atoms with Crippen molar-refractivity contribution >= 4 is 30.1 Å². The van der Waals surface area contributed by atoms with Crippen LogP contribution in [0.4, 0.5) is 0 Å². The van der Waals surface area contributed by atoms with Crippen molar-refractivity contribution in [3.63, 3.8) is 0 Å². The van der Waals surface area contributed by atoms with Crippen molar-refractivity contribution in [3.8, 4) is 0 Å². The summed E-state index contributed by atoms with van der Waals surface area (Å²) in [4.78, 5) is 53.4. The minimum absolute atomic E-state index is 0.0154. The second-order valence-electron chi connectivity index (χ2n) is 9.02. The molecule has 0 amide bonds. The van der Waals surface area contributed by atoms with Crippen molar-refractivity contribution in [3.05, 3.63) is 135 Å². The molecule has 4 aromatic rings. The Morgan fingerprint density at radius 3 is 1.73 bits per heavy atom. The number of hydrogen-bond donors (Lipinski definition) is 1. The fourth-order valence-corrected chi connectivity index (χ4v) is 4.57. The standard InChI is InChI=1S/C30H24N2O8S/c33-23-16-17-32(30(41)31-23)26-25(40-29(36)21-14-8-3-9-15-21)24(39-28(35)20-12-6-2-7-13-20)22(38-26)18-37-27(34)19-10-4-1-5-11-19/h1-17,22,24-26H,18H2,(H,31,33,41)/t22-,24-,25-,26-/m1/s1. The van der Waals surface area contributed by atoms with Crippen molar-refractivity contribution < 1.29 is 33.3 Å². The lowest BCUT2D eigenvalue weighted by atomic mass is 10.1. The lowest BCUT2D eigenvalue weighted by molar-refractivity contribution is -0.0632. The summed E-state index contributed by atoms with van der Waals surface area (Å²) in [6, 6.07) is 26.1. The van der Waals surface area contributed by atoms with Crippen LogP contribution in [0, 0.1) is 4.77 Å². The van der Waals surface area contributed by atoms with E-state index in [1.807, 2.05) is 0 Å². The van der Waals surface area contributed by atoms with E-state index in [1.54, 1.807) is 91.0 Å². The fourth-order valence-electron chi connectivity index (χ4n) is 4.31. The van der Waals surface area contributed by atoms with Gasteiger partial charge >= 0.3 is 17.9 Å². The van der Waals surface area contributed by atoms with Crippen molar-refractivity contribution in [2.45, 2.75) is 24.5 Å². The molecule has 1 saturated heterocycles. The van der Waals surface area contributed by atoms with E-state index in [4.69, 9.17) is 31.2 Å². The number of nitrogens with one attached hydrogen (secondary N) is 1. The van der Waals surface area contributed by atoms with Gasteiger partial charge in [-0.25, -0.2) is 14.4 Å². The number of esters is 3. The van der Waals surface area contributed by atoms with E-state index in [0.717, 1.165) is 0 Å². The highest BCUT2D eigenvalue weighted by atomic mass is 32.1. The van der Waals surface area contributed by atoms with Crippen molar-refractivity contribution in [1.29, 1.82) is 0 Å². The van der Waals surface area contributed by atoms with Gasteiger partial charge in [-0.3, -0.25) is 14.3 Å². The molecular formula is C30H24N2O8S. The number of rotatable bonds is 8. The second kappa shape index (κ2) is 12.5. The molecule has 208 valence electrons. The van der Waals surface area contributed by atoms with Gasteiger partial charge < -0.3 is 18.9 Å². The molecule has 5 rings (SSSR count). The molecule has 1 aliphatic rings. The lowest BCUT2D eigenvalue weighted by Gasteiger charge is -2.25. The zero-order valence-corrected chi connectivity index (χ0v) is 22.3. The summed E-state index contributed by atoms with van der Waals surface area (Å²) < 4.78 is 24.8. The minimum atomic E-state index is -1.24. The molecule has 3 aromatic carbocycles. The fraction of sp³-hybridized carbons (Fsp3) is 0.167. The topological polar surface area (TPSA) is 126 Å². The van der Waals surface area contributed by atoms with E-state index in [9.17, 15) is 19.2 Å². The van der Waals surface area contributed by atoms with Crippen LogP contribution in [0.25, 0.3) is 0 Å². The molecule has 0 aliphatic carbocycles. The maximum atomic E-state index is 13.2. The highest BCUT2D eigenvalue weighted by molar-refractivity contribution is 7.71. The Balaban J connectivity index is 1.50. The molecule has 1 aliphatic heterocycles. The van der Waals surface area contributed by atoms with E-state index < -0.39 is 48.0 Å². The Kier molecular flexibility index (Phi) is 8.47. The molecule has 0 unspecified atom stereocenters. The van der Waals surface area contributed by atoms with Gasteiger partial charge in [0, 0.05) is 12.3 Å². The molecule has 0 bridgehead atoms. The summed E-state index contributed by atoms with van der Waals surface area (Å²) in [6.45, 7) is -0.340. The number of carbonyl (C=O) groups excluding carboxylic acids is 3. The molecule has 1 fully saturated rings. The van der Waals surface area contributed by atoms with Gasteiger partial charge in [-0.2, -0.15) is 0 Å². The number of aromatic amines is 1. The van der Waals surface area contributed by atoms with Crippen LogP contribution in [0.3, 0.4) is 0 Å². The highest BCUT2D eigenvalue weighted by Gasteiger charge is 2.51. The number of nitrogens with zero attached hydrogens (tertiary/aromatic N) is 1. The van der Waals surface area contributed by atoms with Gasteiger partial charge in [0.2, 0.25) is 0 Å². The summed E-state index contributed by atoms with van der Waals surface area (Å²) in [5.41, 5.74) is 0.380. The molecule has 1 N–H and O–H groups in total. The average molecular weight is 573 g/mol. The maximum Gasteiger partial charge on any atom is 0.338 e. The minimum Gasteiger partial charge on any atom is -0.459 e. The van der Waals surface area contributed by atoms with Gasteiger partial charge in [-0.05, 0) is 48.6 Å². The van der Waals surface area contributed by atoms with E-state index in [2.05, 4.69) is 4.98 Å². The van der Waals surface area contributed by atoms with Crippen LogP contribution in [0.5, 0.6) is 0 Å². The van der Waals surface area contributed by atoms with Crippen LogP contribution in [0.15, 0.2) is 108 Å². The first kappa shape index (κ1) is 27.7. The Bertz CT molecular complexity index is 1640. The van der Waals surface area contributed by atoms with E-state index in [-0.39, 0.29) is 22.5 Å². The van der Waals surface area contributed by atoms with Gasteiger partial charge in [0.1, 0.15) is 12.7 Å². The summed E-state index contributed by atoms with van der Waals surface area (Å²) >= 11 is 5.34. The van der Waals surface area contributed by atoms with Crippen LogP contribution >= 0.6 is 12.2 Å². The lowest BCUT2D eigenvalue weighted by Crippen LogP contribution is -2.41. The third kappa shape index (κ3) is 6.48. The van der Waals surface area contributed by atoms with Crippen LogP contribution in [-0.2, 0) is 18.9 Å². The Morgan fingerprint density at radius 2 is 1.22 bits per heavy atom. The van der Waals surface area contributed by atoms with Crippen LogP contribution in [0.1, 0.15) is 37.3 Å². The van der Waals surface area contributed by atoms with Crippen molar-refractivity contribution in [2.75, 3.05) is 6.61 Å². The van der Waals surface area contributed by atoms with E-state index in [1.165, 1.54) is 16.8 Å². The normalized spacial score (nSPS) is 19.7. The van der Waals surface area contributed by atoms with Crippen LogP contribution in [0.2, 0.25) is 0 Å². The molecule has 0 radical (unpaired) electrons. The van der Waals surface area contributed by atoms with Gasteiger partial charge in [-0.15, -0.1) is 0 Å². The average Bonchev–Trinajstić information content (AvgIpc) is 3.33. The number of hydrogen-bond acceptors (Lipinski definition) is 9. The molecule has 1 aromatic heterocycles. The summed E-state index contributed by atoms with van der Waals surface area (Å²) in [7, 11) is 0. The van der Waals surface area contributed by atoms with Gasteiger partial charge in [0.15, 0.2) is 23.2 Å². The molecular weight excluding hydrogens is 548 g/mol. The molecule has 2 heterocycles. The third-order valence-corrected chi connectivity index (χ3v) is 6.62. The largest absolute Gasteiger partial charge is 0.459 e. The number of ether oxygens (including phenoxy) is 4. The monoisotopic (exact) mass is 572 g/mol. The third-order valence-electron chi connectivity index (χ3n) is 6.30. The summed E-state index contributed by atoms with van der Waals surface area (Å²) in [6.07, 6.45) is -3.29. The first-order valence-corrected chi connectivity index (χ1v) is 13.0. The first-order chi connectivity index (χ1) is 19.9. The quantitative estimate of drug-likeness (QED) is 0.189. The Hall–Kier alpha value is -4.87. The zero-order valence-electron chi connectivity index (χ0n) is 21.5. The zero-order chi connectivity index (χ0) is 28.8. The Labute approximate surface area is 239 Å². The SMILES string of the molecule is O=C(OC[C@H]1O[C@@H](n2ccc(=O)[nH]c2=S)[C@H](OC(=O)c2ccccc2)[C@@H]1OC(=O)c1ccccc1)c1ccccc1. The molecule has 0 spiro atoms. The van der Waals surface area contributed by atoms with Gasteiger partial charge in [-0.1, -0.05) is 54.6 Å². The highest BCUT2D eigenvalue weighted by Crippen LogP contribution is 2.35. The molecule has 11 heteroatoms. The van der Waals surface area contributed by atoms with Crippen molar-refractivity contribution in [2.24, 2.45) is 0 Å². The van der Waals surface area contributed by atoms with Gasteiger partial charge in [0.25, 0.3) is 5.56 Å². The van der Waals surface area contributed by atoms with E-state index >= 15 is 0 Å². The number of aromatic nitrogens is 2. The predicted octanol–water partition coefficient (Wildman–Crippen LogP) is 4.11. The number of H-pyrrole nitrogens is 1. The van der Waals surface area contributed by atoms with Gasteiger partial charge in [0.05, 0.1) is 16.7 Å². The van der Waals surface area contributed by atoms with E-state index in [0.29, 0.717) is 5.56 Å². The maximum absolute atomic E-state index is 13.2. The smallest absolute Gasteiger partial charge is 0.338 e. The Morgan fingerprint density at radius 1 is 0.732 bits per heavy atom. The molecule has 0 saturated carbocycles. The summed E-state index contributed by atoms with van der Waals surface area (Å²) in [5, 5.41) is 0. The van der Waals surface area contributed by atoms with Crippen LogP contribution < -0.4 is 5.56 Å². The second-order valence-corrected chi connectivity index (χ2v) is 9.41. The van der Waals surface area contributed by atoms with Crippen LogP contribution in [-0.4, -0.2) is 52.4 Å². The molecule has 4 atom stereocenters. The summed E-state index contributed by atoms with van der Waals surface area (Å²) in [5.74, 6) is -2.03. The first-order valence-electron chi connectivity index (χ1n) is 12.6. The molecule has 10 nitrogen and oxygen atoms in total.